The number of likely N-dealkylation sites (tertiary alicyclic amines) is 1. The second kappa shape index (κ2) is 11.4. The van der Waals surface area contributed by atoms with Crippen LogP contribution in [-0.2, 0) is 14.3 Å². The van der Waals surface area contributed by atoms with E-state index in [-0.39, 0.29) is 47.0 Å². The molecule has 4 rings (SSSR count). The Hall–Kier alpha value is -3.06. The van der Waals surface area contributed by atoms with Crippen molar-refractivity contribution in [3.63, 3.8) is 0 Å². The number of hydrogen-bond donors (Lipinski definition) is 2. The second-order valence-corrected chi connectivity index (χ2v) is 12.7. The van der Waals surface area contributed by atoms with Crippen LogP contribution in [0.2, 0.25) is 0 Å². The summed E-state index contributed by atoms with van der Waals surface area (Å²) >= 11 is 1.08. The largest absolute Gasteiger partial charge is 0.477 e. The van der Waals surface area contributed by atoms with Gasteiger partial charge in [-0.3, -0.25) is 9.59 Å². The second-order valence-electron chi connectivity index (χ2n) is 11.7. The Bertz CT molecular complexity index is 1150. The molecular formula is C28H37N3O6S. The topological polar surface area (TPSA) is 116 Å². The number of carbonyl (C=O) groups excluding carboxylic acids is 3. The quantitative estimate of drug-likeness (QED) is 0.540. The van der Waals surface area contributed by atoms with Gasteiger partial charge in [0.1, 0.15) is 11.0 Å². The van der Waals surface area contributed by atoms with Gasteiger partial charge >= 0.3 is 12.1 Å². The first-order valence-corrected chi connectivity index (χ1v) is 14.2. The van der Waals surface area contributed by atoms with E-state index in [0.29, 0.717) is 36.0 Å². The molecule has 0 radical (unpaired) electrons. The monoisotopic (exact) mass is 543 g/mol. The van der Waals surface area contributed by atoms with Gasteiger partial charge in [0.15, 0.2) is 0 Å². The predicted octanol–water partition coefficient (Wildman–Crippen LogP) is 4.10. The summed E-state index contributed by atoms with van der Waals surface area (Å²) in [6.45, 7) is 9.05. The van der Waals surface area contributed by atoms with Crippen LogP contribution >= 0.6 is 11.3 Å². The van der Waals surface area contributed by atoms with Crippen LogP contribution in [0, 0.1) is 29.1 Å². The molecule has 0 aromatic carbocycles. The van der Waals surface area contributed by atoms with Crippen LogP contribution in [0.15, 0.2) is 6.07 Å². The Morgan fingerprint density at radius 3 is 2.50 bits per heavy atom. The maximum absolute atomic E-state index is 14.0. The zero-order valence-corrected chi connectivity index (χ0v) is 23.4. The van der Waals surface area contributed by atoms with E-state index in [0.717, 1.165) is 37.0 Å². The fourth-order valence-corrected chi connectivity index (χ4v) is 6.06. The number of carbonyl (C=O) groups is 4. The Morgan fingerprint density at radius 2 is 1.89 bits per heavy atom. The van der Waals surface area contributed by atoms with Crippen molar-refractivity contribution < 1.29 is 29.0 Å². The van der Waals surface area contributed by atoms with Gasteiger partial charge in [-0.25, -0.2) is 9.59 Å². The maximum atomic E-state index is 14.0. The summed E-state index contributed by atoms with van der Waals surface area (Å²) in [7, 11) is 0. The van der Waals surface area contributed by atoms with Gasteiger partial charge in [-0.2, -0.15) is 0 Å². The average Bonchev–Trinajstić information content (AvgIpc) is 3.58. The van der Waals surface area contributed by atoms with E-state index in [1.54, 1.807) is 15.9 Å². The van der Waals surface area contributed by atoms with Crippen LogP contribution in [0.25, 0.3) is 0 Å². The first-order chi connectivity index (χ1) is 17.9. The van der Waals surface area contributed by atoms with Crippen LogP contribution in [0.1, 0.15) is 80.8 Å². The standard InChI is InChI=1S/C28H37N3O6S/c1-17-5-7-18(8-6-17)25(33)31(22-14-21(9-11-28(2,3)4)38-24(22)26(34)35)19-10-12-30(16-19)27(36)37-20-13-23(32)29-15-20/h14,17-20H,5-8,10,12-13,15-16H2,1-4H3,(H,29,32)(H,34,35)/t17?,18?,19-,20?/m0/s1. The van der Waals surface area contributed by atoms with Crippen LogP contribution < -0.4 is 10.2 Å². The molecule has 3 fully saturated rings. The Kier molecular flexibility index (Phi) is 8.36. The number of carboxylic acids is 1. The molecule has 1 unspecified atom stereocenters. The summed E-state index contributed by atoms with van der Waals surface area (Å²) in [4.78, 5) is 54.5. The zero-order valence-electron chi connectivity index (χ0n) is 22.5. The molecule has 0 spiro atoms. The van der Waals surface area contributed by atoms with E-state index in [2.05, 4.69) is 24.1 Å². The number of anilines is 1. The summed E-state index contributed by atoms with van der Waals surface area (Å²) in [5.41, 5.74) is 0.100. The Balaban J connectivity index is 1.61. The van der Waals surface area contributed by atoms with Gasteiger partial charge in [0.05, 0.1) is 29.6 Å². The molecular weight excluding hydrogens is 506 g/mol. The number of hydrogen-bond acceptors (Lipinski definition) is 6. The van der Waals surface area contributed by atoms with Crippen molar-refractivity contribution in [3.05, 3.63) is 15.8 Å². The lowest BCUT2D eigenvalue weighted by Gasteiger charge is -2.34. The van der Waals surface area contributed by atoms with Crippen LogP contribution in [-0.4, -0.2) is 65.7 Å². The van der Waals surface area contributed by atoms with Crippen LogP contribution in [0.3, 0.4) is 0 Å². The fraction of sp³-hybridized carbons (Fsp3) is 0.643. The number of ether oxygens (including phenoxy) is 1. The van der Waals surface area contributed by atoms with E-state index in [9.17, 15) is 24.3 Å². The number of nitrogens with zero attached hydrogens (tertiary/aromatic N) is 2. The molecule has 2 saturated heterocycles. The molecule has 3 amide bonds. The van der Waals surface area contributed by atoms with Crippen molar-refractivity contribution in [3.8, 4) is 11.8 Å². The highest BCUT2D eigenvalue weighted by molar-refractivity contribution is 7.15. The van der Waals surface area contributed by atoms with Gasteiger partial charge in [0, 0.05) is 24.4 Å². The third kappa shape index (κ3) is 6.68. The van der Waals surface area contributed by atoms with E-state index in [4.69, 9.17) is 4.74 Å². The highest BCUT2D eigenvalue weighted by Crippen LogP contribution is 2.38. The third-order valence-electron chi connectivity index (χ3n) is 7.32. The van der Waals surface area contributed by atoms with Gasteiger partial charge in [-0.1, -0.05) is 18.8 Å². The van der Waals surface area contributed by atoms with Gasteiger partial charge in [-0.15, -0.1) is 11.3 Å². The lowest BCUT2D eigenvalue weighted by Crippen LogP contribution is -2.47. The number of thiophene rings is 1. The Morgan fingerprint density at radius 1 is 1.18 bits per heavy atom. The number of nitrogens with one attached hydrogen (secondary N) is 1. The molecule has 2 aliphatic heterocycles. The summed E-state index contributed by atoms with van der Waals surface area (Å²) in [6.07, 6.45) is 3.07. The van der Waals surface area contributed by atoms with Crippen molar-refractivity contribution in [1.29, 1.82) is 0 Å². The predicted molar refractivity (Wildman–Crippen MR) is 144 cm³/mol. The highest BCUT2D eigenvalue weighted by Gasteiger charge is 2.40. The first kappa shape index (κ1) is 28.0. The molecule has 9 nitrogen and oxygen atoms in total. The molecule has 1 aromatic rings. The summed E-state index contributed by atoms with van der Waals surface area (Å²) < 4.78 is 5.51. The molecule has 2 N–H and O–H groups in total. The minimum atomic E-state index is -1.10. The lowest BCUT2D eigenvalue weighted by atomic mass is 9.82. The average molecular weight is 544 g/mol. The minimum Gasteiger partial charge on any atom is -0.477 e. The number of rotatable bonds is 5. The third-order valence-corrected chi connectivity index (χ3v) is 8.35. The number of carboxylic acid groups (broad SMARTS) is 1. The van der Waals surface area contributed by atoms with Crippen molar-refractivity contribution in [1.82, 2.24) is 10.2 Å². The molecule has 1 aromatic heterocycles. The summed E-state index contributed by atoms with van der Waals surface area (Å²) in [5, 5.41) is 12.7. The SMILES string of the molecule is CC1CCC(C(=O)N(c2cc(C#CC(C)(C)C)sc2C(=O)O)[C@H]2CCN(C(=O)OC3CNC(=O)C3)C2)CC1. The normalized spacial score (nSPS) is 25.4. The van der Waals surface area contributed by atoms with Crippen LogP contribution in [0.5, 0.6) is 0 Å². The zero-order chi connectivity index (χ0) is 27.6. The summed E-state index contributed by atoms with van der Waals surface area (Å²) in [6, 6.07) is 1.33. The van der Waals surface area contributed by atoms with Crippen molar-refractivity contribution in [2.24, 2.45) is 17.3 Å². The molecule has 0 bridgehead atoms. The van der Waals surface area contributed by atoms with Gasteiger partial charge in [0.25, 0.3) is 0 Å². The van der Waals surface area contributed by atoms with Crippen LogP contribution in [0.4, 0.5) is 10.5 Å². The Labute approximate surface area is 227 Å². The molecule has 3 aliphatic rings. The fourth-order valence-electron chi connectivity index (χ4n) is 5.22. The molecule has 38 heavy (non-hydrogen) atoms. The number of amides is 3. The number of aromatic carboxylic acids is 1. The molecule has 2 atom stereocenters. The smallest absolute Gasteiger partial charge is 0.410 e. The maximum Gasteiger partial charge on any atom is 0.410 e. The van der Waals surface area contributed by atoms with Crippen molar-refractivity contribution >= 4 is 40.9 Å². The van der Waals surface area contributed by atoms with Crippen molar-refractivity contribution in [2.45, 2.75) is 78.4 Å². The summed E-state index contributed by atoms with van der Waals surface area (Å²) in [5.74, 6) is 5.28. The first-order valence-electron chi connectivity index (χ1n) is 13.4. The van der Waals surface area contributed by atoms with Gasteiger partial charge < -0.3 is 25.0 Å². The van der Waals surface area contributed by atoms with E-state index in [1.165, 1.54) is 0 Å². The lowest BCUT2D eigenvalue weighted by molar-refractivity contribution is -0.124. The molecule has 1 aliphatic carbocycles. The highest BCUT2D eigenvalue weighted by atomic mass is 32.1. The van der Waals surface area contributed by atoms with E-state index in [1.807, 2.05) is 20.8 Å². The van der Waals surface area contributed by atoms with Gasteiger partial charge in [0.2, 0.25) is 11.8 Å². The molecule has 1 saturated carbocycles. The minimum absolute atomic E-state index is 0.0808. The molecule has 206 valence electrons. The molecule has 10 heteroatoms. The van der Waals surface area contributed by atoms with E-state index >= 15 is 0 Å². The van der Waals surface area contributed by atoms with Crippen molar-refractivity contribution in [2.75, 3.05) is 24.5 Å². The molecule has 3 heterocycles. The van der Waals surface area contributed by atoms with Gasteiger partial charge in [-0.05, 0) is 64.9 Å². The van der Waals surface area contributed by atoms with E-state index < -0.39 is 18.2 Å².